The molecular formula is C17H22ClN3. The van der Waals surface area contributed by atoms with Gasteiger partial charge in [-0.1, -0.05) is 18.0 Å². The number of nitrogens with zero attached hydrogens (tertiary/aromatic N) is 2. The smallest absolute Gasteiger partial charge is 0.107 e. The summed E-state index contributed by atoms with van der Waals surface area (Å²) in [4.78, 5) is 10.9. The summed E-state index contributed by atoms with van der Waals surface area (Å²) < 4.78 is 0. The molecule has 0 bridgehead atoms. The number of aromatic nitrogens is 2. The SMILES string of the molecule is Clc1ccc2nc(C[C@@H]3CCCN4CCCC[C@H]34)[nH]c2c1. The second-order valence-corrected chi connectivity index (χ2v) is 6.99. The average Bonchev–Trinajstić information content (AvgIpc) is 2.89. The maximum Gasteiger partial charge on any atom is 0.107 e. The molecule has 2 aromatic rings. The summed E-state index contributed by atoms with van der Waals surface area (Å²) >= 11 is 6.06. The Balaban J connectivity index is 1.55. The molecule has 4 rings (SSSR count). The molecule has 2 fully saturated rings. The van der Waals surface area contributed by atoms with E-state index in [4.69, 9.17) is 16.6 Å². The van der Waals surface area contributed by atoms with Crippen LogP contribution >= 0.6 is 11.6 Å². The molecule has 112 valence electrons. The van der Waals surface area contributed by atoms with Crippen LogP contribution in [-0.2, 0) is 6.42 Å². The van der Waals surface area contributed by atoms with Crippen LogP contribution in [0.3, 0.4) is 0 Å². The van der Waals surface area contributed by atoms with Crippen LogP contribution < -0.4 is 0 Å². The Morgan fingerprint density at radius 2 is 2.10 bits per heavy atom. The Labute approximate surface area is 130 Å². The van der Waals surface area contributed by atoms with Crippen molar-refractivity contribution in [3.63, 3.8) is 0 Å². The molecule has 0 amide bonds. The summed E-state index contributed by atoms with van der Waals surface area (Å²) in [5.74, 6) is 1.89. The number of fused-ring (bicyclic) bond motifs is 2. The lowest BCUT2D eigenvalue weighted by Gasteiger charge is -2.44. The van der Waals surface area contributed by atoms with Crippen LogP contribution in [0.2, 0.25) is 5.02 Å². The Morgan fingerprint density at radius 3 is 3.05 bits per heavy atom. The minimum absolute atomic E-state index is 0.759. The largest absolute Gasteiger partial charge is 0.342 e. The zero-order chi connectivity index (χ0) is 14.2. The molecule has 2 aliphatic heterocycles. The van der Waals surface area contributed by atoms with Crippen molar-refractivity contribution in [1.29, 1.82) is 0 Å². The number of imidazole rings is 1. The lowest BCUT2D eigenvalue weighted by atomic mass is 9.81. The predicted molar refractivity (Wildman–Crippen MR) is 86.7 cm³/mol. The van der Waals surface area contributed by atoms with Crippen LogP contribution in [0.5, 0.6) is 0 Å². The average molecular weight is 304 g/mol. The van der Waals surface area contributed by atoms with E-state index in [2.05, 4.69) is 9.88 Å². The number of nitrogens with one attached hydrogen (secondary N) is 1. The molecule has 0 spiro atoms. The van der Waals surface area contributed by atoms with Crippen molar-refractivity contribution >= 4 is 22.6 Å². The number of rotatable bonds is 2. The molecule has 1 N–H and O–H groups in total. The number of hydrogen-bond donors (Lipinski definition) is 1. The fraction of sp³-hybridized carbons (Fsp3) is 0.588. The summed E-state index contributed by atoms with van der Waals surface area (Å²) in [5.41, 5.74) is 2.10. The normalized spacial score (nSPS) is 26.9. The standard InChI is InChI=1S/C17H22ClN3/c18-13-6-7-14-15(11-13)20-17(19-14)10-12-4-3-9-21-8-2-1-5-16(12)21/h6-7,11-12,16H,1-5,8-10H2,(H,19,20)/t12-,16+/m0/s1. The van der Waals surface area contributed by atoms with Gasteiger partial charge in [-0.15, -0.1) is 0 Å². The summed E-state index contributed by atoms with van der Waals surface area (Å²) in [7, 11) is 0. The lowest BCUT2D eigenvalue weighted by molar-refractivity contribution is 0.0590. The molecule has 2 aliphatic rings. The molecule has 4 heteroatoms. The van der Waals surface area contributed by atoms with Gasteiger partial charge in [-0.05, 0) is 62.9 Å². The molecule has 0 radical (unpaired) electrons. The highest BCUT2D eigenvalue weighted by Crippen LogP contribution is 2.32. The summed E-state index contributed by atoms with van der Waals surface area (Å²) in [6, 6.07) is 6.68. The molecule has 2 atom stereocenters. The van der Waals surface area contributed by atoms with Crippen LogP contribution in [0.4, 0.5) is 0 Å². The van der Waals surface area contributed by atoms with Gasteiger partial charge in [0.15, 0.2) is 0 Å². The first kappa shape index (κ1) is 13.6. The third-order valence-corrected chi connectivity index (χ3v) is 5.41. The first-order chi connectivity index (χ1) is 10.3. The molecule has 0 aliphatic carbocycles. The van der Waals surface area contributed by atoms with E-state index in [9.17, 15) is 0 Å². The summed E-state index contributed by atoms with van der Waals surface area (Å²) in [5, 5.41) is 0.772. The third-order valence-electron chi connectivity index (χ3n) is 5.18. The number of hydrogen-bond acceptors (Lipinski definition) is 2. The van der Waals surface area contributed by atoms with Crippen molar-refractivity contribution in [1.82, 2.24) is 14.9 Å². The second-order valence-electron chi connectivity index (χ2n) is 6.55. The van der Waals surface area contributed by atoms with Crippen LogP contribution in [-0.4, -0.2) is 34.0 Å². The Morgan fingerprint density at radius 1 is 1.19 bits per heavy atom. The second kappa shape index (κ2) is 5.62. The molecule has 0 saturated carbocycles. The quantitative estimate of drug-likeness (QED) is 0.908. The van der Waals surface area contributed by atoms with Gasteiger partial charge in [0.1, 0.15) is 5.82 Å². The van der Waals surface area contributed by atoms with Crippen LogP contribution in [0.15, 0.2) is 18.2 Å². The van der Waals surface area contributed by atoms with Gasteiger partial charge < -0.3 is 9.88 Å². The van der Waals surface area contributed by atoms with Crippen molar-refractivity contribution in [3.05, 3.63) is 29.0 Å². The van der Waals surface area contributed by atoms with Gasteiger partial charge in [-0.25, -0.2) is 4.98 Å². The fourth-order valence-corrected chi connectivity index (χ4v) is 4.37. The van der Waals surface area contributed by atoms with E-state index < -0.39 is 0 Å². The minimum atomic E-state index is 0.759. The molecule has 3 heterocycles. The number of halogens is 1. The number of benzene rings is 1. The molecule has 2 saturated heterocycles. The van der Waals surface area contributed by atoms with E-state index in [0.29, 0.717) is 0 Å². The van der Waals surface area contributed by atoms with Crippen LogP contribution in [0, 0.1) is 5.92 Å². The van der Waals surface area contributed by atoms with Gasteiger partial charge in [-0.3, -0.25) is 0 Å². The van der Waals surface area contributed by atoms with Crippen molar-refractivity contribution in [3.8, 4) is 0 Å². The number of H-pyrrole nitrogens is 1. The van der Waals surface area contributed by atoms with E-state index in [1.54, 1.807) is 0 Å². The van der Waals surface area contributed by atoms with Gasteiger partial charge in [0.05, 0.1) is 11.0 Å². The third kappa shape index (κ3) is 2.69. The highest BCUT2D eigenvalue weighted by atomic mass is 35.5. The Kier molecular flexibility index (Phi) is 3.64. The zero-order valence-corrected chi connectivity index (χ0v) is 13.1. The molecular weight excluding hydrogens is 282 g/mol. The zero-order valence-electron chi connectivity index (χ0n) is 12.3. The van der Waals surface area contributed by atoms with Gasteiger partial charge in [-0.2, -0.15) is 0 Å². The monoisotopic (exact) mass is 303 g/mol. The van der Waals surface area contributed by atoms with E-state index in [1.165, 1.54) is 45.2 Å². The Hall–Kier alpha value is -1.06. The topological polar surface area (TPSA) is 31.9 Å². The van der Waals surface area contributed by atoms with E-state index in [1.807, 2.05) is 18.2 Å². The lowest BCUT2D eigenvalue weighted by Crippen LogP contribution is -2.48. The highest BCUT2D eigenvalue weighted by molar-refractivity contribution is 6.31. The maximum absolute atomic E-state index is 6.06. The molecule has 0 unspecified atom stereocenters. The minimum Gasteiger partial charge on any atom is -0.342 e. The molecule has 3 nitrogen and oxygen atoms in total. The van der Waals surface area contributed by atoms with Gasteiger partial charge in [0.2, 0.25) is 0 Å². The molecule has 21 heavy (non-hydrogen) atoms. The van der Waals surface area contributed by atoms with E-state index in [-0.39, 0.29) is 0 Å². The fourth-order valence-electron chi connectivity index (χ4n) is 4.19. The van der Waals surface area contributed by atoms with Crippen molar-refractivity contribution < 1.29 is 0 Å². The Bertz CT molecular complexity index is 634. The predicted octanol–water partition coefficient (Wildman–Crippen LogP) is 4.02. The first-order valence-electron chi connectivity index (χ1n) is 8.18. The van der Waals surface area contributed by atoms with Gasteiger partial charge in [0.25, 0.3) is 0 Å². The van der Waals surface area contributed by atoms with Crippen molar-refractivity contribution in [2.24, 2.45) is 5.92 Å². The highest BCUT2D eigenvalue weighted by Gasteiger charge is 2.33. The van der Waals surface area contributed by atoms with Crippen LogP contribution in [0.1, 0.15) is 37.9 Å². The van der Waals surface area contributed by atoms with Crippen molar-refractivity contribution in [2.45, 2.75) is 44.6 Å². The van der Waals surface area contributed by atoms with E-state index in [0.717, 1.165) is 40.3 Å². The number of piperidine rings is 2. The molecule has 1 aromatic carbocycles. The van der Waals surface area contributed by atoms with Crippen LogP contribution in [0.25, 0.3) is 11.0 Å². The summed E-state index contributed by atoms with van der Waals surface area (Å²) in [6.45, 7) is 2.60. The maximum atomic E-state index is 6.06. The first-order valence-corrected chi connectivity index (χ1v) is 8.55. The van der Waals surface area contributed by atoms with Gasteiger partial charge in [0, 0.05) is 17.5 Å². The van der Waals surface area contributed by atoms with Crippen molar-refractivity contribution in [2.75, 3.05) is 13.1 Å². The van der Waals surface area contributed by atoms with Gasteiger partial charge >= 0.3 is 0 Å². The summed E-state index contributed by atoms with van der Waals surface area (Å²) in [6.07, 6.45) is 7.91. The molecule has 1 aromatic heterocycles. The van der Waals surface area contributed by atoms with E-state index >= 15 is 0 Å². The number of aromatic amines is 1.